The number of anilines is 2. The highest BCUT2D eigenvalue weighted by Gasteiger charge is 2.30. The minimum atomic E-state index is -3.76. The highest BCUT2D eigenvalue weighted by Crippen LogP contribution is 2.25. The molecule has 2 fully saturated rings. The monoisotopic (exact) mass is 421 g/mol. The van der Waals surface area contributed by atoms with Gasteiger partial charge in [0.15, 0.2) is 23.2 Å². The second kappa shape index (κ2) is 8.11. The Bertz CT molecular complexity index is 956. The van der Waals surface area contributed by atoms with Crippen molar-refractivity contribution in [1.82, 2.24) is 14.5 Å². The molecule has 2 aliphatic rings. The Hall–Kier alpha value is -2.46. The molecule has 0 radical (unpaired) electrons. The van der Waals surface area contributed by atoms with E-state index in [-0.39, 0.29) is 10.6 Å². The van der Waals surface area contributed by atoms with Crippen LogP contribution >= 0.6 is 0 Å². The average molecular weight is 421 g/mol. The van der Waals surface area contributed by atoms with E-state index in [2.05, 4.69) is 15.1 Å². The standard InChI is InChI=1S/C19H24FN5O3S/c1-28-17-5-4-15(14-16(17)20)29(26,27)25-12-10-24(11-13-25)19-7-6-18(21-22-19)23-8-2-3-9-23/h4-7,14H,2-3,8-13H2,1H3. The number of benzene rings is 1. The van der Waals surface area contributed by atoms with Crippen LogP contribution in [0.4, 0.5) is 16.0 Å². The van der Waals surface area contributed by atoms with Gasteiger partial charge in [-0.15, -0.1) is 10.2 Å². The molecule has 8 nitrogen and oxygen atoms in total. The van der Waals surface area contributed by atoms with Gasteiger partial charge in [-0.1, -0.05) is 0 Å². The highest BCUT2D eigenvalue weighted by molar-refractivity contribution is 7.89. The number of hydrogen-bond acceptors (Lipinski definition) is 7. The Morgan fingerprint density at radius 2 is 1.48 bits per heavy atom. The lowest BCUT2D eigenvalue weighted by Gasteiger charge is -2.34. The van der Waals surface area contributed by atoms with Crippen molar-refractivity contribution in [3.63, 3.8) is 0 Å². The molecule has 4 rings (SSSR count). The lowest BCUT2D eigenvalue weighted by Crippen LogP contribution is -2.49. The SMILES string of the molecule is COc1ccc(S(=O)(=O)N2CCN(c3ccc(N4CCCC4)nn3)CC2)cc1F. The van der Waals surface area contributed by atoms with Gasteiger partial charge in [-0.25, -0.2) is 12.8 Å². The molecule has 3 heterocycles. The summed E-state index contributed by atoms with van der Waals surface area (Å²) in [4.78, 5) is 4.16. The van der Waals surface area contributed by atoms with E-state index in [4.69, 9.17) is 4.74 Å². The van der Waals surface area contributed by atoms with Crippen LogP contribution < -0.4 is 14.5 Å². The minimum absolute atomic E-state index is 0.0183. The topological polar surface area (TPSA) is 78.9 Å². The molecule has 29 heavy (non-hydrogen) atoms. The quantitative estimate of drug-likeness (QED) is 0.728. The van der Waals surface area contributed by atoms with Crippen LogP contribution in [0.1, 0.15) is 12.8 Å². The average Bonchev–Trinajstić information content (AvgIpc) is 3.29. The summed E-state index contributed by atoms with van der Waals surface area (Å²) >= 11 is 0. The van der Waals surface area contributed by atoms with Crippen molar-refractivity contribution in [2.45, 2.75) is 17.7 Å². The molecule has 0 aliphatic carbocycles. The Kier molecular flexibility index (Phi) is 5.55. The molecule has 1 aromatic carbocycles. The summed E-state index contributed by atoms with van der Waals surface area (Å²) in [7, 11) is -2.42. The third-order valence-electron chi connectivity index (χ3n) is 5.39. The van der Waals surface area contributed by atoms with Crippen molar-refractivity contribution < 1.29 is 17.5 Å². The van der Waals surface area contributed by atoms with Gasteiger partial charge < -0.3 is 14.5 Å². The van der Waals surface area contributed by atoms with Crippen LogP contribution in [-0.4, -0.2) is 69.3 Å². The van der Waals surface area contributed by atoms with Gasteiger partial charge in [-0.05, 0) is 43.2 Å². The summed E-state index contributed by atoms with van der Waals surface area (Å²) in [6.07, 6.45) is 2.36. The first kappa shape index (κ1) is 19.8. The molecular formula is C19H24FN5O3S. The third kappa shape index (κ3) is 3.99. The fourth-order valence-corrected chi connectivity index (χ4v) is 5.15. The zero-order valence-corrected chi connectivity index (χ0v) is 17.1. The maximum atomic E-state index is 13.9. The van der Waals surface area contributed by atoms with Crippen molar-refractivity contribution in [2.24, 2.45) is 0 Å². The Balaban J connectivity index is 1.41. The van der Waals surface area contributed by atoms with Crippen molar-refractivity contribution in [2.75, 3.05) is 56.2 Å². The van der Waals surface area contributed by atoms with Crippen LogP contribution in [0.25, 0.3) is 0 Å². The Morgan fingerprint density at radius 3 is 2.00 bits per heavy atom. The van der Waals surface area contributed by atoms with E-state index in [1.54, 1.807) is 0 Å². The first-order valence-electron chi connectivity index (χ1n) is 9.66. The minimum Gasteiger partial charge on any atom is -0.494 e. The van der Waals surface area contributed by atoms with E-state index in [1.165, 1.54) is 36.4 Å². The summed E-state index contributed by atoms with van der Waals surface area (Å²) in [5.41, 5.74) is 0. The molecule has 1 aromatic heterocycles. The fourth-order valence-electron chi connectivity index (χ4n) is 3.72. The van der Waals surface area contributed by atoms with Gasteiger partial charge in [-0.2, -0.15) is 4.31 Å². The molecule has 156 valence electrons. The molecule has 0 N–H and O–H groups in total. The van der Waals surface area contributed by atoms with E-state index < -0.39 is 15.8 Å². The zero-order chi connectivity index (χ0) is 20.4. The van der Waals surface area contributed by atoms with Crippen molar-refractivity contribution in [1.29, 1.82) is 0 Å². The molecule has 0 atom stereocenters. The smallest absolute Gasteiger partial charge is 0.243 e. The van der Waals surface area contributed by atoms with Gasteiger partial charge >= 0.3 is 0 Å². The molecule has 0 saturated carbocycles. The van der Waals surface area contributed by atoms with E-state index in [9.17, 15) is 12.8 Å². The van der Waals surface area contributed by atoms with E-state index in [0.717, 1.165) is 30.8 Å². The number of rotatable bonds is 5. The lowest BCUT2D eigenvalue weighted by molar-refractivity contribution is 0.379. The van der Waals surface area contributed by atoms with Crippen LogP contribution in [0.3, 0.4) is 0 Å². The van der Waals surface area contributed by atoms with Gasteiger partial charge in [0.05, 0.1) is 12.0 Å². The maximum absolute atomic E-state index is 13.9. The zero-order valence-electron chi connectivity index (χ0n) is 16.3. The molecule has 2 saturated heterocycles. The van der Waals surface area contributed by atoms with Gasteiger partial charge in [0.2, 0.25) is 10.0 Å². The second-order valence-electron chi connectivity index (χ2n) is 7.13. The van der Waals surface area contributed by atoms with Crippen LogP contribution in [-0.2, 0) is 10.0 Å². The number of ether oxygens (including phenoxy) is 1. The Morgan fingerprint density at radius 1 is 0.897 bits per heavy atom. The third-order valence-corrected chi connectivity index (χ3v) is 7.28. The maximum Gasteiger partial charge on any atom is 0.243 e. The van der Waals surface area contributed by atoms with E-state index >= 15 is 0 Å². The van der Waals surface area contributed by atoms with Crippen LogP contribution in [0, 0.1) is 5.82 Å². The Labute approximate surface area is 169 Å². The molecule has 2 aliphatic heterocycles. The number of nitrogens with zero attached hydrogens (tertiary/aromatic N) is 5. The number of hydrogen-bond donors (Lipinski definition) is 0. The summed E-state index contributed by atoms with van der Waals surface area (Å²) in [5, 5.41) is 8.65. The first-order valence-corrected chi connectivity index (χ1v) is 11.1. The summed E-state index contributed by atoms with van der Waals surface area (Å²) in [6.45, 7) is 3.61. The predicted molar refractivity (Wildman–Crippen MR) is 107 cm³/mol. The lowest BCUT2D eigenvalue weighted by atomic mass is 10.3. The molecule has 0 bridgehead atoms. The van der Waals surface area contributed by atoms with Gasteiger partial charge in [0.1, 0.15) is 0 Å². The molecule has 0 amide bonds. The summed E-state index contributed by atoms with van der Waals surface area (Å²) in [6, 6.07) is 7.60. The first-order chi connectivity index (χ1) is 14.0. The van der Waals surface area contributed by atoms with Gasteiger partial charge in [0, 0.05) is 39.3 Å². The van der Waals surface area contributed by atoms with Gasteiger partial charge in [-0.3, -0.25) is 0 Å². The van der Waals surface area contributed by atoms with Crippen molar-refractivity contribution >= 4 is 21.7 Å². The molecular weight excluding hydrogens is 397 g/mol. The number of sulfonamides is 1. The van der Waals surface area contributed by atoms with E-state index in [1.807, 2.05) is 17.0 Å². The normalized spacial score (nSPS) is 18.3. The van der Waals surface area contributed by atoms with Crippen molar-refractivity contribution in [3.05, 3.63) is 36.1 Å². The number of methoxy groups -OCH3 is 1. The largest absolute Gasteiger partial charge is 0.494 e. The molecule has 10 heteroatoms. The van der Waals surface area contributed by atoms with Crippen molar-refractivity contribution in [3.8, 4) is 5.75 Å². The van der Waals surface area contributed by atoms with E-state index in [0.29, 0.717) is 26.2 Å². The molecule has 0 spiro atoms. The predicted octanol–water partition coefficient (Wildman–Crippen LogP) is 1.74. The van der Waals surface area contributed by atoms with Gasteiger partial charge in [0.25, 0.3) is 0 Å². The summed E-state index contributed by atoms with van der Waals surface area (Å²) < 4.78 is 45.8. The number of aromatic nitrogens is 2. The van der Waals surface area contributed by atoms with Crippen LogP contribution in [0.15, 0.2) is 35.2 Å². The second-order valence-corrected chi connectivity index (χ2v) is 9.07. The number of piperazine rings is 1. The van der Waals surface area contributed by atoms with Crippen LogP contribution in [0.2, 0.25) is 0 Å². The number of halogens is 1. The highest BCUT2D eigenvalue weighted by atomic mass is 32.2. The molecule has 2 aromatic rings. The van der Waals surface area contributed by atoms with Crippen LogP contribution in [0.5, 0.6) is 5.75 Å². The summed E-state index contributed by atoms with van der Waals surface area (Å²) in [5.74, 6) is 0.944. The fraction of sp³-hybridized carbons (Fsp3) is 0.474. The molecule has 0 unspecified atom stereocenters.